The third-order valence-electron chi connectivity index (χ3n) is 1.78. The molecule has 12 heavy (non-hydrogen) atoms. The highest BCUT2D eigenvalue weighted by atomic mass is 79.9. The summed E-state index contributed by atoms with van der Waals surface area (Å²) in [5.74, 6) is 0. The molecule has 3 heteroatoms. The summed E-state index contributed by atoms with van der Waals surface area (Å²) in [6.07, 6.45) is 0. The van der Waals surface area contributed by atoms with Crippen LogP contribution < -0.4 is 0 Å². The van der Waals surface area contributed by atoms with E-state index >= 15 is 0 Å². The zero-order valence-electron chi connectivity index (χ0n) is 6.27. The van der Waals surface area contributed by atoms with E-state index in [1.165, 1.54) is 0 Å². The Labute approximate surface area is 77.7 Å². The lowest BCUT2D eigenvalue weighted by Gasteiger charge is -1.89. The second kappa shape index (κ2) is 2.90. The van der Waals surface area contributed by atoms with Crippen LogP contribution in [0.1, 0.15) is 5.69 Å². The number of nitrogens with one attached hydrogen (secondary N) is 1. The van der Waals surface area contributed by atoms with Gasteiger partial charge < -0.3 is 4.98 Å². The first kappa shape index (κ1) is 7.80. The van der Waals surface area contributed by atoms with Crippen LogP contribution in [0.25, 0.3) is 10.9 Å². The van der Waals surface area contributed by atoms with Gasteiger partial charge in [-0.2, -0.15) is 0 Å². The Morgan fingerprint density at radius 2 is 2.17 bits per heavy atom. The number of benzene rings is 1. The van der Waals surface area contributed by atoms with Gasteiger partial charge in [0, 0.05) is 15.7 Å². The van der Waals surface area contributed by atoms with Gasteiger partial charge in [0.2, 0.25) is 0 Å². The molecule has 0 saturated heterocycles. The molecule has 0 atom stereocenters. The summed E-state index contributed by atoms with van der Waals surface area (Å²) in [5.41, 5.74) is 1.60. The molecule has 0 radical (unpaired) electrons. The molecule has 0 unspecified atom stereocenters. The van der Waals surface area contributed by atoms with Crippen molar-refractivity contribution in [3.63, 3.8) is 0 Å². The van der Waals surface area contributed by atoms with E-state index in [0.717, 1.165) is 15.4 Å². The molecule has 2 rings (SSSR count). The first-order valence-electron chi connectivity index (χ1n) is 3.63. The van der Waals surface area contributed by atoms with E-state index in [1.54, 1.807) is 0 Å². The first-order chi connectivity index (χ1) is 5.79. The molecule has 0 aliphatic rings. The Hall–Kier alpha value is -0.830. The van der Waals surface area contributed by atoms with E-state index in [-0.39, 0.29) is 0 Å². The van der Waals surface area contributed by atoms with Crippen molar-refractivity contribution in [2.75, 3.05) is 0 Å². The van der Waals surface area contributed by atoms with Crippen molar-refractivity contribution in [2.45, 2.75) is 6.67 Å². The summed E-state index contributed by atoms with van der Waals surface area (Å²) in [5, 5.41) is 1.05. The fourth-order valence-electron chi connectivity index (χ4n) is 1.23. The highest BCUT2D eigenvalue weighted by molar-refractivity contribution is 9.10. The second-order valence-electron chi connectivity index (χ2n) is 2.66. The van der Waals surface area contributed by atoms with Crippen LogP contribution in [-0.4, -0.2) is 4.98 Å². The standard InChI is InChI=1S/C9H7BrFN/c10-7-2-1-6-3-8(5-11)12-9(6)4-7/h1-4,12H,5H2. The fraction of sp³-hybridized carbons (Fsp3) is 0.111. The van der Waals surface area contributed by atoms with Crippen molar-refractivity contribution in [1.29, 1.82) is 0 Å². The van der Waals surface area contributed by atoms with E-state index in [1.807, 2.05) is 24.3 Å². The van der Waals surface area contributed by atoms with Crippen LogP contribution in [0.3, 0.4) is 0 Å². The largest absolute Gasteiger partial charge is 0.356 e. The number of aromatic nitrogens is 1. The Bertz CT molecular complexity index is 408. The number of aromatic amines is 1. The molecule has 1 aromatic carbocycles. The van der Waals surface area contributed by atoms with Gasteiger partial charge in [-0.05, 0) is 23.6 Å². The first-order valence-corrected chi connectivity index (χ1v) is 4.42. The van der Waals surface area contributed by atoms with Gasteiger partial charge in [0.1, 0.15) is 6.67 Å². The summed E-state index contributed by atoms with van der Waals surface area (Å²) >= 11 is 3.35. The van der Waals surface area contributed by atoms with Crippen molar-refractivity contribution in [1.82, 2.24) is 4.98 Å². The minimum absolute atomic E-state index is 0.438. The fourth-order valence-corrected chi connectivity index (χ4v) is 1.59. The number of H-pyrrole nitrogens is 1. The molecule has 0 amide bonds. The summed E-state index contributed by atoms with van der Waals surface area (Å²) in [7, 11) is 0. The third kappa shape index (κ3) is 1.25. The lowest BCUT2D eigenvalue weighted by atomic mass is 10.2. The lowest BCUT2D eigenvalue weighted by molar-refractivity contribution is 0.478. The summed E-state index contributed by atoms with van der Waals surface area (Å²) in [4.78, 5) is 2.98. The molecule has 2 aromatic rings. The van der Waals surface area contributed by atoms with E-state index in [4.69, 9.17) is 0 Å². The Morgan fingerprint density at radius 1 is 1.33 bits per heavy atom. The summed E-state index contributed by atoms with van der Waals surface area (Å²) in [6, 6.07) is 7.66. The van der Waals surface area contributed by atoms with E-state index < -0.39 is 6.67 Å². The van der Waals surface area contributed by atoms with Gasteiger partial charge in [-0.15, -0.1) is 0 Å². The molecule has 0 spiro atoms. The second-order valence-corrected chi connectivity index (χ2v) is 3.58. The minimum Gasteiger partial charge on any atom is -0.356 e. The smallest absolute Gasteiger partial charge is 0.129 e. The van der Waals surface area contributed by atoms with Crippen molar-refractivity contribution < 1.29 is 4.39 Å². The highest BCUT2D eigenvalue weighted by Crippen LogP contribution is 2.20. The van der Waals surface area contributed by atoms with Crippen molar-refractivity contribution in [3.05, 3.63) is 34.4 Å². The van der Waals surface area contributed by atoms with Gasteiger partial charge in [0.25, 0.3) is 0 Å². The minimum atomic E-state index is -0.438. The van der Waals surface area contributed by atoms with Gasteiger partial charge in [0.05, 0.1) is 0 Å². The summed E-state index contributed by atoms with van der Waals surface area (Å²) in [6.45, 7) is -0.438. The van der Waals surface area contributed by atoms with Crippen molar-refractivity contribution in [3.8, 4) is 0 Å². The third-order valence-corrected chi connectivity index (χ3v) is 2.28. The molecule has 1 heterocycles. The molecular weight excluding hydrogens is 221 g/mol. The molecule has 1 N–H and O–H groups in total. The van der Waals surface area contributed by atoms with Crippen LogP contribution in [0.15, 0.2) is 28.7 Å². The highest BCUT2D eigenvalue weighted by Gasteiger charge is 1.99. The summed E-state index contributed by atoms with van der Waals surface area (Å²) < 4.78 is 13.2. The van der Waals surface area contributed by atoms with Gasteiger partial charge in [-0.1, -0.05) is 22.0 Å². The average molecular weight is 228 g/mol. The molecule has 0 aliphatic heterocycles. The molecule has 1 nitrogen and oxygen atoms in total. The zero-order chi connectivity index (χ0) is 8.55. The van der Waals surface area contributed by atoms with Crippen LogP contribution in [0, 0.1) is 0 Å². The number of hydrogen-bond donors (Lipinski definition) is 1. The predicted molar refractivity (Wildman–Crippen MR) is 50.8 cm³/mol. The number of hydrogen-bond acceptors (Lipinski definition) is 0. The maximum absolute atomic E-state index is 12.2. The van der Waals surface area contributed by atoms with Crippen molar-refractivity contribution in [2.24, 2.45) is 0 Å². The molecule has 0 aliphatic carbocycles. The van der Waals surface area contributed by atoms with E-state index in [9.17, 15) is 4.39 Å². The van der Waals surface area contributed by atoms with Gasteiger partial charge in [0.15, 0.2) is 0 Å². The Kier molecular flexibility index (Phi) is 1.89. The topological polar surface area (TPSA) is 15.8 Å². The van der Waals surface area contributed by atoms with Crippen LogP contribution in [0.4, 0.5) is 4.39 Å². The van der Waals surface area contributed by atoms with Gasteiger partial charge >= 0.3 is 0 Å². The van der Waals surface area contributed by atoms with Gasteiger partial charge in [-0.25, -0.2) is 4.39 Å². The van der Waals surface area contributed by atoms with Crippen LogP contribution in [0.5, 0.6) is 0 Å². The maximum atomic E-state index is 12.2. The number of rotatable bonds is 1. The predicted octanol–water partition coefficient (Wildman–Crippen LogP) is 3.40. The number of fused-ring (bicyclic) bond motifs is 1. The quantitative estimate of drug-likeness (QED) is 0.769. The Morgan fingerprint density at radius 3 is 2.92 bits per heavy atom. The molecule has 0 saturated carbocycles. The molecule has 0 bridgehead atoms. The average Bonchev–Trinajstić information content (AvgIpc) is 2.46. The Balaban J connectivity index is 2.67. The maximum Gasteiger partial charge on any atom is 0.129 e. The van der Waals surface area contributed by atoms with E-state index in [2.05, 4.69) is 20.9 Å². The van der Waals surface area contributed by atoms with Crippen LogP contribution in [0.2, 0.25) is 0 Å². The lowest BCUT2D eigenvalue weighted by Crippen LogP contribution is -1.73. The van der Waals surface area contributed by atoms with Gasteiger partial charge in [-0.3, -0.25) is 0 Å². The monoisotopic (exact) mass is 227 g/mol. The zero-order valence-corrected chi connectivity index (χ0v) is 7.86. The SMILES string of the molecule is FCc1cc2ccc(Br)cc2[nH]1. The van der Waals surface area contributed by atoms with Crippen LogP contribution in [-0.2, 0) is 6.67 Å². The van der Waals surface area contributed by atoms with E-state index in [0.29, 0.717) is 5.69 Å². The molecule has 62 valence electrons. The number of alkyl halides is 1. The molecule has 1 aromatic heterocycles. The normalized spacial score (nSPS) is 10.8. The molecule has 0 fully saturated rings. The van der Waals surface area contributed by atoms with Crippen molar-refractivity contribution >= 4 is 26.8 Å². The number of halogens is 2. The molecular formula is C9H7BrFN. The van der Waals surface area contributed by atoms with Crippen LogP contribution >= 0.6 is 15.9 Å².